The van der Waals surface area contributed by atoms with Crippen LogP contribution in [0.25, 0.3) is 0 Å². The molecule has 2 aliphatic rings. The molecule has 2 fully saturated rings. The number of aromatic nitrogens is 2. The van der Waals surface area contributed by atoms with Crippen molar-refractivity contribution in [2.24, 2.45) is 5.92 Å². The van der Waals surface area contributed by atoms with Gasteiger partial charge in [0, 0.05) is 25.0 Å². The fourth-order valence-corrected chi connectivity index (χ4v) is 5.37. The lowest BCUT2D eigenvalue weighted by atomic mass is 9.80. The average Bonchev–Trinajstić information content (AvgIpc) is 3.48. The van der Waals surface area contributed by atoms with Gasteiger partial charge < -0.3 is 19.6 Å². The zero-order valence-electron chi connectivity index (χ0n) is 19.2. The molecule has 1 aliphatic carbocycles. The lowest BCUT2D eigenvalue weighted by Gasteiger charge is -2.36. The number of esters is 1. The molecule has 1 saturated heterocycles. The van der Waals surface area contributed by atoms with E-state index in [0.717, 1.165) is 45.1 Å². The summed E-state index contributed by atoms with van der Waals surface area (Å²) in [6.07, 6.45) is 6.98. The van der Waals surface area contributed by atoms with Crippen molar-refractivity contribution in [3.8, 4) is 0 Å². The zero-order valence-corrected chi connectivity index (χ0v) is 19.2. The maximum Gasteiger partial charge on any atom is 0.343 e. The highest BCUT2D eigenvalue weighted by atomic mass is 16.6. The largest absolute Gasteiger partial charge is 0.457 e. The monoisotopic (exact) mass is 453 g/mol. The van der Waals surface area contributed by atoms with Crippen LogP contribution in [0.1, 0.15) is 44.1 Å². The van der Waals surface area contributed by atoms with Crippen molar-refractivity contribution in [3.63, 3.8) is 0 Å². The van der Waals surface area contributed by atoms with Gasteiger partial charge in [-0.1, -0.05) is 43.2 Å². The Morgan fingerprint density at radius 3 is 2.58 bits per heavy atom. The molecule has 3 atom stereocenters. The first-order valence-electron chi connectivity index (χ1n) is 11.8. The van der Waals surface area contributed by atoms with Crippen molar-refractivity contribution in [2.45, 2.75) is 50.2 Å². The molecule has 4 rings (SSSR count). The number of aliphatic hydroxyl groups is 1. The molecule has 0 spiro atoms. The minimum atomic E-state index is -1.64. The number of hydrogen-bond donors (Lipinski definition) is 2. The number of nitrogens with one attached hydrogen (secondary N) is 1. The summed E-state index contributed by atoms with van der Waals surface area (Å²) in [5.41, 5.74) is -1.04. The molecule has 1 saturated carbocycles. The summed E-state index contributed by atoms with van der Waals surface area (Å²) in [5, 5.41) is 22.1. The topological polar surface area (TPSA) is 101 Å². The molecule has 0 radical (unpaired) electrons. The molecule has 33 heavy (non-hydrogen) atoms. The van der Waals surface area contributed by atoms with Crippen LogP contribution >= 0.6 is 0 Å². The number of carbonyl (C=O) groups excluding carboxylic acids is 2. The molecule has 1 aromatic heterocycles. The normalized spacial score (nSPS) is 24.8. The minimum Gasteiger partial charge on any atom is -0.457 e. The maximum absolute atomic E-state index is 13.3. The van der Waals surface area contributed by atoms with Crippen LogP contribution < -0.4 is 5.32 Å². The molecule has 8 nitrogen and oxygen atoms in total. The van der Waals surface area contributed by atoms with Crippen molar-refractivity contribution >= 4 is 17.7 Å². The Bertz CT molecular complexity index is 951. The van der Waals surface area contributed by atoms with E-state index in [1.54, 1.807) is 30.5 Å². The summed E-state index contributed by atoms with van der Waals surface area (Å²) in [5.74, 6) is -0.457. The van der Waals surface area contributed by atoms with E-state index in [-0.39, 0.29) is 31.0 Å². The predicted molar refractivity (Wildman–Crippen MR) is 123 cm³/mol. The number of amides is 1. The first-order chi connectivity index (χ1) is 15.9. The van der Waals surface area contributed by atoms with Crippen LogP contribution in [0.2, 0.25) is 0 Å². The van der Waals surface area contributed by atoms with Crippen LogP contribution in [0.15, 0.2) is 48.7 Å². The van der Waals surface area contributed by atoms with Gasteiger partial charge in [0.05, 0.1) is 13.6 Å². The first-order valence-corrected chi connectivity index (χ1v) is 11.8. The van der Waals surface area contributed by atoms with Gasteiger partial charge >= 0.3 is 5.97 Å². The molecular weight excluding hydrogens is 420 g/mol. The van der Waals surface area contributed by atoms with Gasteiger partial charge in [-0.15, -0.1) is 5.10 Å². The van der Waals surface area contributed by atoms with Crippen molar-refractivity contribution < 1.29 is 23.9 Å². The van der Waals surface area contributed by atoms with E-state index in [0.29, 0.717) is 15.9 Å². The second-order valence-electron chi connectivity index (χ2n) is 9.53. The highest BCUT2D eigenvalue weighted by molar-refractivity contribution is 5.90. The van der Waals surface area contributed by atoms with Crippen LogP contribution in [0.5, 0.6) is 0 Å². The summed E-state index contributed by atoms with van der Waals surface area (Å²) in [4.78, 5) is 25.9. The second-order valence-corrected chi connectivity index (χ2v) is 9.53. The lowest BCUT2D eigenvalue weighted by Crippen LogP contribution is -2.54. The highest BCUT2D eigenvalue weighted by Crippen LogP contribution is 2.41. The Labute approximate surface area is 194 Å². The van der Waals surface area contributed by atoms with Gasteiger partial charge in [-0.05, 0) is 30.5 Å². The van der Waals surface area contributed by atoms with Gasteiger partial charge in [-0.3, -0.25) is 4.79 Å². The summed E-state index contributed by atoms with van der Waals surface area (Å²) in [6.45, 7) is 1.25. The number of nitrogens with zero attached hydrogens (tertiary/aromatic N) is 3. The number of benzene rings is 1. The fourth-order valence-electron chi connectivity index (χ4n) is 5.37. The SMILES string of the molecule is C[N@+]1(CC(=O)Nc2cccnn2)CCCC1COC(=O)C(O)(c1ccccc1)C1CCCC1. The van der Waals surface area contributed by atoms with Gasteiger partial charge in [0.2, 0.25) is 0 Å². The molecule has 8 heteroatoms. The third kappa shape index (κ3) is 5.07. The Hall–Kier alpha value is -2.84. The number of rotatable bonds is 8. The Morgan fingerprint density at radius 2 is 1.88 bits per heavy atom. The number of likely N-dealkylation sites (tertiary alicyclic amines) is 1. The van der Waals surface area contributed by atoms with Gasteiger partial charge in [0.1, 0.15) is 12.6 Å². The van der Waals surface area contributed by atoms with Crippen LogP contribution in [-0.2, 0) is 19.9 Å². The highest BCUT2D eigenvalue weighted by Gasteiger charge is 2.49. The van der Waals surface area contributed by atoms with E-state index < -0.39 is 11.6 Å². The van der Waals surface area contributed by atoms with Crippen molar-refractivity contribution in [1.29, 1.82) is 0 Å². The molecule has 1 aliphatic heterocycles. The maximum atomic E-state index is 13.3. The van der Waals surface area contributed by atoms with E-state index in [9.17, 15) is 14.7 Å². The smallest absolute Gasteiger partial charge is 0.343 e. The van der Waals surface area contributed by atoms with Gasteiger partial charge in [0.25, 0.3) is 5.91 Å². The Kier molecular flexibility index (Phi) is 7.05. The van der Waals surface area contributed by atoms with E-state index in [1.165, 1.54) is 0 Å². The van der Waals surface area contributed by atoms with Crippen LogP contribution in [0, 0.1) is 5.92 Å². The Balaban J connectivity index is 1.42. The molecule has 2 unspecified atom stereocenters. The number of likely N-dealkylation sites (N-methyl/N-ethyl adjacent to an activating group) is 1. The van der Waals surface area contributed by atoms with Gasteiger partial charge in [-0.2, -0.15) is 5.10 Å². The first kappa shape index (κ1) is 23.3. The Morgan fingerprint density at radius 1 is 1.12 bits per heavy atom. The number of ether oxygens (including phenoxy) is 1. The number of carbonyl (C=O) groups is 2. The third-order valence-electron chi connectivity index (χ3n) is 7.31. The number of hydrogen-bond acceptors (Lipinski definition) is 6. The quantitative estimate of drug-likeness (QED) is 0.471. The van der Waals surface area contributed by atoms with Crippen LogP contribution in [-0.4, -0.2) is 64.4 Å². The summed E-state index contributed by atoms with van der Waals surface area (Å²) in [6, 6.07) is 12.5. The summed E-state index contributed by atoms with van der Waals surface area (Å²) >= 11 is 0. The zero-order chi connectivity index (χ0) is 23.3. The van der Waals surface area contributed by atoms with Crippen molar-refractivity contribution in [3.05, 3.63) is 54.2 Å². The predicted octanol–water partition coefficient (Wildman–Crippen LogP) is 2.65. The second kappa shape index (κ2) is 9.97. The standard InChI is InChI=1S/C25H32N4O4/c1-29(17-23(30)27-22-14-7-15-26-28-22)16-8-13-21(29)18-33-24(31)25(32,20-11-5-6-12-20)19-9-3-2-4-10-19/h2-4,7,9-10,14-15,20-21,32H,5-6,8,11-13,16-18H2,1H3/p+1/t21?,25?,29-/m1/s1. The van der Waals surface area contributed by atoms with E-state index in [4.69, 9.17) is 4.74 Å². The molecule has 0 bridgehead atoms. The molecule has 2 N–H and O–H groups in total. The molecule has 1 amide bonds. The lowest BCUT2D eigenvalue weighted by molar-refractivity contribution is -0.913. The third-order valence-corrected chi connectivity index (χ3v) is 7.31. The number of quaternary nitrogens is 1. The van der Waals surface area contributed by atoms with E-state index in [1.807, 2.05) is 25.2 Å². The minimum absolute atomic E-state index is 0.00911. The molecule has 176 valence electrons. The van der Waals surface area contributed by atoms with E-state index in [2.05, 4.69) is 15.5 Å². The van der Waals surface area contributed by atoms with Crippen LogP contribution in [0.4, 0.5) is 5.82 Å². The molecule has 1 aromatic carbocycles. The summed E-state index contributed by atoms with van der Waals surface area (Å²) < 4.78 is 6.27. The fraction of sp³-hybridized carbons (Fsp3) is 0.520. The van der Waals surface area contributed by atoms with Gasteiger partial charge in [-0.25, -0.2) is 4.79 Å². The van der Waals surface area contributed by atoms with Crippen molar-refractivity contribution in [1.82, 2.24) is 10.2 Å². The number of anilines is 1. The van der Waals surface area contributed by atoms with Gasteiger partial charge in [0.15, 0.2) is 18.0 Å². The molecular formula is C25H33N4O4+. The van der Waals surface area contributed by atoms with Crippen molar-refractivity contribution in [2.75, 3.05) is 32.1 Å². The molecule has 2 aromatic rings. The van der Waals surface area contributed by atoms with E-state index >= 15 is 0 Å². The summed E-state index contributed by atoms with van der Waals surface area (Å²) in [7, 11) is 2.02. The molecule has 2 heterocycles. The van der Waals surface area contributed by atoms with Crippen LogP contribution in [0.3, 0.4) is 0 Å². The average molecular weight is 454 g/mol.